The van der Waals surface area contributed by atoms with Crippen molar-refractivity contribution in [1.29, 1.82) is 0 Å². The summed E-state index contributed by atoms with van der Waals surface area (Å²) >= 11 is 7.67. The molecule has 356 valence electrons. The predicted octanol–water partition coefficient (Wildman–Crippen LogP) is 3.99. The van der Waals surface area contributed by atoms with Gasteiger partial charge in [0.1, 0.15) is 28.3 Å². The lowest BCUT2D eigenvalue weighted by molar-refractivity contribution is 0.235. The van der Waals surface area contributed by atoms with Gasteiger partial charge in [0.05, 0.1) is 74.5 Å². The van der Waals surface area contributed by atoms with Crippen molar-refractivity contribution >= 4 is 64.9 Å². The van der Waals surface area contributed by atoms with Crippen LogP contribution in [-0.2, 0) is 34.3 Å². The van der Waals surface area contributed by atoms with Gasteiger partial charge in [-0.2, -0.15) is 36.6 Å². The highest BCUT2D eigenvalue weighted by molar-refractivity contribution is 7.99. The summed E-state index contributed by atoms with van der Waals surface area (Å²) in [6, 6.07) is 4.40. The molecule has 5 heterocycles. The first kappa shape index (κ1) is 50.3. The molecular formula is C39H47ClF4N8O9S4. The van der Waals surface area contributed by atoms with Crippen LogP contribution in [0.2, 0.25) is 5.02 Å². The molecule has 0 N–H and O–H groups in total. The number of benzene rings is 2. The minimum absolute atomic E-state index is 0.0193. The van der Waals surface area contributed by atoms with E-state index in [2.05, 4.69) is 10.2 Å². The molecule has 0 spiro atoms. The zero-order valence-corrected chi connectivity index (χ0v) is 40.0. The van der Waals surface area contributed by atoms with Gasteiger partial charge in [0, 0.05) is 57.2 Å². The number of hydrogen-bond donors (Lipinski definition) is 0. The predicted molar refractivity (Wildman–Crippen MR) is 239 cm³/mol. The first-order chi connectivity index (χ1) is 30.3. The Morgan fingerprint density at radius 3 is 1.62 bits per heavy atom. The summed E-state index contributed by atoms with van der Waals surface area (Å²) in [4.78, 5) is 29.9. The van der Waals surface area contributed by atoms with Crippen molar-refractivity contribution in [2.24, 2.45) is 0 Å². The summed E-state index contributed by atoms with van der Waals surface area (Å²) in [7, 11) is -10.9. The Morgan fingerprint density at radius 2 is 1.12 bits per heavy atom. The molecule has 0 saturated carbocycles. The quantitative estimate of drug-likeness (QED) is 0.155. The van der Waals surface area contributed by atoms with Crippen molar-refractivity contribution < 1.29 is 47.0 Å². The smallest absolute Gasteiger partial charge is 0.292 e. The molecule has 0 radical (unpaired) electrons. The maximum absolute atomic E-state index is 13.7. The van der Waals surface area contributed by atoms with Crippen LogP contribution >= 0.6 is 23.4 Å². The summed E-state index contributed by atoms with van der Waals surface area (Å²) < 4.78 is 139. The molecule has 4 aromatic rings. The number of fused-ring (bicyclic) bond motifs is 3. The van der Waals surface area contributed by atoms with Crippen LogP contribution in [0.4, 0.5) is 28.9 Å². The number of hydrogen-bond acceptors (Lipinski definition) is 14. The third-order valence-corrected chi connectivity index (χ3v) is 18.5. The SMILES string of the molecule is CC(C)S(=O)(=O)N1CCN2c3cnn(-c4cc(F)cc(F)c4)c(=O)c3SCC2C1.CC(C)S(=O)(=O)OCC1CN(S(=O)(=O)C(C)C)CCN1c1cnn(-c2cc(F)cc(F)c2)c(=O)c1Cl. The van der Waals surface area contributed by atoms with Crippen LogP contribution in [0.3, 0.4) is 0 Å². The Labute approximate surface area is 383 Å². The summed E-state index contributed by atoms with van der Waals surface area (Å²) in [6.45, 7) is 9.99. The number of halogens is 5. The lowest BCUT2D eigenvalue weighted by Gasteiger charge is -2.45. The molecule has 2 saturated heterocycles. The second kappa shape index (κ2) is 19.6. The Bertz CT molecular complexity index is 2870. The van der Waals surface area contributed by atoms with E-state index >= 15 is 0 Å². The van der Waals surface area contributed by atoms with Gasteiger partial charge < -0.3 is 9.80 Å². The van der Waals surface area contributed by atoms with Crippen molar-refractivity contribution in [3.63, 3.8) is 0 Å². The molecular weight excluding hydrogens is 964 g/mol. The van der Waals surface area contributed by atoms with Crippen molar-refractivity contribution in [2.45, 2.75) is 74.3 Å². The summed E-state index contributed by atoms with van der Waals surface area (Å²) in [5, 5.41) is 5.74. The van der Waals surface area contributed by atoms with E-state index in [1.807, 2.05) is 4.90 Å². The van der Waals surface area contributed by atoms with Crippen molar-refractivity contribution in [3.05, 3.63) is 97.8 Å². The summed E-state index contributed by atoms with van der Waals surface area (Å²) in [6.07, 6.45) is 2.70. The van der Waals surface area contributed by atoms with Crippen LogP contribution in [-0.4, -0.2) is 133 Å². The fourth-order valence-corrected chi connectivity index (χ4v) is 11.9. The largest absolute Gasteiger partial charge is 0.363 e. The molecule has 2 aromatic heterocycles. The fraction of sp³-hybridized carbons (Fsp3) is 0.487. The van der Waals surface area contributed by atoms with Gasteiger partial charge in [0.2, 0.25) is 20.0 Å². The van der Waals surface area contributed by atoms with Gasteiger partial charge in [-0.1, -0.05) is 11.6 Å². The molecule has 0 amide bonds. The Balaban J connectivity index is 0.000000220. The highest BCUT2D eigenvalue weighted by Crippen LogP contribution is 2.37. The Hall–Kier alpha value is -4.11. The van der Waals surface area contributed by atoms with E-state index in [-0.39, 0.29) is 47.8 Å². The minimum atomic E-state index is -3.92. The van der Waals surface area contributed by atoms with Crippen molar-refractivity contribution in [2.75, 3.05) is 61.4 Å². The molecule has 0 bridgehead atoms. The monoisotopic (exact) mass is 1010 g/mol. The second-order valence-electron chi connectivity index (χ2n) is 16.1. The number of nitrogens with zero attached hydrogens (tertiary/aromatic N) is 8. The van der Waals surface area contributed by atoms with Gasteiger partial charge in [0.15, 0.2) is 0 Å². The molecule has 2 fully saturated rings. The first-order valence-corrected chi connectivity index (χ1v) is 26.0. The Morgan fingerprint density at radius 1 is 0.662 bits per heavy atom. The highest BCUT2D eigenvalue weighted by Gasteiger charge is 2.40. The van der Waals surface area contributed by atoms with Crippen LogP contribution in [0.25, 0.3) is 11.4 Å². The minimum Gasteiger partial charge on any atom is -0.363 e. The lowest BCUT2D eigenvalue weighted by atomic mass is 10.2. The summed E-state index contributed by atoms with van der Waals surface area (Å²) in [5.41, 5.74) is -0.746. The fourth-order valence-electron chi connectivity index (χ4n) is 7.21. The first-order valence-electron chi connectivity index (χ1n) is 20.2. The van der Waals surface area contributed by atoms with Gasteiger partial charge in [-0.25, -0.2) is 34.4 Å². The van der Waals surface area contributed by atoms with E-state index in [1.165, 1.54) is 60.5 Å². The molecule has 2 unspecified atom stereocenters. The van der Waals surface area contributed by atoms with E-state index < -0.39 is 93.0 Å². The van der Waals surface area contributed by atoms with Crippen molar-refractivity contribution in [3.8, 4) is 11.4 Å². The van der Waals surface area contributed by atoms with E-state index in [0.29, 0.717) is 42.0 Å². The number of sulfonamides is 2. The van der Waals surface area contributed by atoms with Crippen LogP contribution in [0.5, 0.6) is 0 Å². The maximum Gasteiger partial charge on any atom is 0.292 e. The average molecular weight is 1010 g/mol. The van der Waals surface area contributed by atoms with E-state index in [9.17, 15) is 52.4 Å². The topological polar surface area (TPSA) is 194 Å². The standard InChI is InChI=1S/C21H27ClF2N4O6S2.C18H20F2N4O3S2/c1-13(2)35(30,31)26-5-6-27(18(11-26)12-34-36(32,33)14(3)4)19-10-25-28(21(29)20(19)22)17-8-15(23)7-16(24)9-17;1-11(2)29(26,27)22-3-4-23-15(9-22)10-28-17-16(23)8-21-24(18(17)25)14-6-12(19)5-13(20)7-14/h7-10,13-14,18H,5-6,11-12H2,1-4H3;5-8,11,15H,3-4,9-10H2,1-2H3. The van der Waals surface area contributed by atoms with Crippen LogP contribution in [0.1, 0.15) is 41.5 Å². The van der Waals surface area contributed by atoms with Gasteiger partial charge in [0.25, 0.3) is 21.2 Å². The Kier molecular flexibility index (Phi) is 15.2. The molecule has 0 aliphatic carbocycles. The zero-order chi connectivity index (χ0) is 47.9. The second-order valence-corrected chi connectivity index (χ2v) is 24.7. The van der Waals surface area contributed by atoms with Gasteiger partial charge in [-0.05, 0) is 65.8 Å². The lowest BCUT2D eigenvalue weighted by Crippen LogP contribution is -2.58. The maximum atomic E-state index is 13.7. The van der Waals surface area contributed by atoms with Gasteiger partial charge in [-0.3, -0.25) is 13.8 Å². The number of anilines is 2. The van der Waals surface area contributed by atoms with Crippen LogP contribution in [0, 0.1) is 23.3 Å². The molecule has 26 heteroatoms. The molecule has 3 aliphatic heterocycles. The molecule has 65 heavy (non-hydrogen) atoms. The van der Waals surface area contributed by atoms with Gasteiger partial charge >= 0.3 is 0 Å². The molecule has 2 atom stereocenters. The molecule has 7 rings (SSSR count). The highest BCUT2D eigenvalue weighted by atomic mass is 35.5. The van der Waals surface area contributed by atoms with Crippen LogP contribution < -0.4 is 20.9 Å². The summed E-state index contributed by atoms with van der Waals surface area (Å²) in [5.74, 6) is -2.87. The van der Waals surface area contributed by atoms with E-state index in [1.54, 1.807) is 18.7 Å². The van der Waals surface area contributed by atoms with E-state index in [0.717, 1.165) is 39.7 Å². The number of rotatable bonds is 11. The third-order valence-electron chi connectivity index (χ3n) is 10.8. The number of thioether (sulfide) groups is 1. The van der Waals surface area contributed by atoms with E-state index in [4.69, 9.17) is 15.8 Å². The van der Waals surface area contributed by atoms with Gasteiger partial charge in [-0.15, -0.1) is 11.8 Å². The van der Waals surface area contributed by atoms with Crippen LogP contribution in [0.15, 0.2) is 63.3 Å². The van der Waals surface area contributed by atoms with Crippen molar-refractivity contribution in [1.82, 2.24) is 28.2 Å². The molecule has 3 aliphatic rings. The zero-order valence-electron chi connectivity index (χ0n) is 35.9. The third kappa shape index (κ3) is 10.7. The molecule has 2 aromatic carbocycles. The number of aromatic nitrogens is 4. The average Bonchev–Trinajstić information content (AvgIpc) is 3.23. The normalized spacial score (nSPS) is 18.7. The number of piperazine rings is 2. The molecule has 17 nitrogen and oxygen atoms in total.